The first-order chi connectivity index (χ1) is 8.34. The van der Waals surface area contributed by atoms with Gasteiger partial charge in [-0.15, -0.1) is 0 Å². The molecule has 0 bridgehead atoms. The number of nitrogens with zero attached hydrogens (tertiary/aromatic N) is 1. The van der Waals surface area contributed by atoms with E-state index in [1.807, 2.05) is 18.2 Å². The van der Waals surface area contributed by atoms with Crippen LogP contribution in [0.3, 0.4) is 0 Å². The van der Waals surface area contributed by atoms with Crippen molar-refractivity contribution in [3.8, 4) is 0 Å². The Labute approximate surface area is 99.1 Å². The molecule has 0 spiro atoms. The number of fused-ring (bicyclic) bond motifs is 1. The molecule has 0 aliphatic carbocycles. The number of rotatable bonds is 1. The Morgan fingerprint density at radius 1 is 1.29 bits per heavy atom. The van der Waals surface area contributed by atoms with Crippen LogP contribution in [0.5, 0.6) is 0 Å². The molecule has 2 aromatic heterocycles. The average molecular weight is 229 g/mol. The SMILES string of the molecule is O=c1[nH]c2ncccc2cc1C1CCNCC1. The van der Waals surface area contributed by atoms with Gasteiger partial charge in [0.2, 0.25) is 0 Å². The molecule has 0 unspecified atom stereocenters. The minimum Gasteiger partial charge on any atom is -0.317 e. The molecule has 3 rings (SSSR count). The summed E-state index contributed by atoms with van der Waals surface area (Å²) in [6.45, 7) is 1.99. The molecule has 1 saturated heterocycles. The molecular weight excluding hydrogens is 214 g/mol. The molecule has 3 heterocycles. The fraction of sp³-hybridized carbons (Fsp3) is 0.385. The van der Waals surface area contributed by atoms with E-state index in [1.54, 1.807) is 6.20 Å². The van der Waals surface area contributed by atoms with Gasteiger partial charge in [0.25, 0.3) is 5.56 Å². The van der Waals surface area contributed by atoms with Gasteiger partial charge in [-0.25, -0.2) is 4.98 Å². The first-order valence-electron chi connectivity index (χ1n) is 6.03. The Morgan fingerprint density at radius 3 is 2.94 bits per heavy atom. The standard InChI is InChI=1S/C13H15N3O/c17-13-11(9-3-6-14-7-4-9)8-10-2-1-5-15-12(10)16-13/h1-2,5,8-9,14H,3-4,6-7H2,(H,15,16,17). The number of H-pyrrole nitrogens is 1. The topological polar surface area (TPSA) is 57.8 Å². The predicted molar refractivity (Wildman–Crippen MR) is 67.2 cm³/mol. The summed E-state index contributed by atoms with van der Waals surface area (Å²) in [5, 5.41) is 4.33. The minimum atomic E-state index is 0.0168. The van der Waals surface area contributed by atoms with Crippen molar-refractivity contribution in [2.24, 2.45) is 0 Å². The normalized spacial score (nSPS) is 17.4. The van der Waals surface area contributed by atoms with E-state index in [4.69, 9.17) is 0 Å². The summed E-state index contributed by atoms with van der Waals surface area (Å²) in [6, 6.07) is 5.88. The van der Waals surface area contributed by atoms with Gasteiger partial charge in [0.15, 0.2) is 0 Å². The van der Waals surface area contributed by atoms with Crippen molar-refractivity contribution in [3.63, 3.8) is 0 Å². The lowest BCUT2D eigenvalue weighted by Gasteiger charge is -2.22. The fourth-order valence-electron chi connectivity index (χ4n) is 2.49. The summed E-state index contributed by atoms with van der Waals surface area (Å²) in [5.74, 6) is 0.379. The maximum atomic E-state index is 12.0. The number of aromatic nitrogens is 2. The summed E-state index contributed by atoms with van der Waals surface area (Å²) in [7, 11) is 0. The van der Waals surface area contributed by atoms with E-state index in [9.17, 15) is 4.79 Å². The first kappa shape index (κ1) is 10.5. The Hall–Kier alpha value is -1.68. The van der Waals surface area contributed by atoms with Gasteiger partial charge in [-0.2, -0.15) is 0 Å². The molecule has 0 amide bonds. The minimum absolute atomic E-state index is 0.0168. The van der Waals surface area contributed by atoms with E-state index in [2.05, 4.69) is 15.3 Å². The van der Waals surface area contributed by atoms with E-state index in [1.165, 1.54) is 0 Å². The van der Waals surface area contributed by atoms with E-state index >= 15 is 0 Å². The maximum Gasteiger partial charge on any atom is 0.253 e. The van der Waals surface area contributed by atoms with Crippen LogP contribution in [0.1, 0.15) is 24.3 Å². The molecule has 17 heavy (non-hydrogen) atoms. The highest BCUT2D eigenvalue weighted by molar-refractivity contribution is 5.74. The number of pyridine rings is 2. The van der Waals surface area contributed by atoms with E-state index in [0.717, 1.165) is 36.9 Å². The molecule has 1 aliphatic heterocycles. The third-order valence-corrected chi connectivity index (χ3v) is 3.42. The van der Waals surface area contributed by atoms with Crippen molar-refractivity contribution in [1.82, 2.24) is 15.3 Å². The van der Waals surface area contributed by atoms with E-state index in [0.29, 0.717) is 11.6 Å². The van der Waals surface area contributed by atoms with Crippen molar-refractivity contribution in [3.05, 3.63) is 40.3 Å². The van der Waals surface area contributed by atoms with Crippen molar-refractivity contribution < 1.29 is 0 Å². The second kappa shape index (κ2) is 4.30. The molecule has 2 N–H and O–H groups in total. The number of piperidine rings is 1. The van der Waals surface area contributed by atoms with Crippen LogP contribution in [0.4, 0.5) is 0 Å². The Morgan fingerprint density at radius 2 is 2.12 bits per heavy atom. The third-order valence-electron chi connectivity index (χ3n) is 3.42. The number of hydrogen-bond donors (Lipinski definition) is 2. The van der Waals surface area contributed by atoms with Gasteiger partial charge in [0.05, 0.1) is 0 Å². The molecule has 0 radical (unpaired) electrons. The molecule has 1 fully saturated rings. The van der Waals surface area contributed by atoms with Gasteiger partial charge in [0.1, 0.15) is 5.65 Å². The average Bonchev–Trinajstić information content (AvgIpc) is 2.39. The molecule has 0 aromatic carbocycles. The summed E-state index contributed by atoms with van der Waals surface area (Å²) >= 11 is 0. The smallest absolute Gasteiger partial charge is 0.253 e. The third kappa shape index (κ3) is 1.96. The van der Waals surface area contributed by atoms with Gasteiger partial charge in [-0.1, -0.05) is 0 Å². The quantitative estimate of drug-likeness (QED) is 0.777. The predicted octanol–water partition coefficient (Wildman–Crippen LogP) is 1.39. The molecule has 4 nitrogen and oxygen atoms in total. The molecule has 0 saturated carbocycles. The van der Waals surface area contributed by atoms with Crippen LogP contribution < -0.4 is 10.9 Å². The number of aromatic amines is 1. The van der Waals surface area contributed by atoms with Crippen molar-refractivity contribution in [2.45, 2.75) is 18.8 Å². The Balaban J connectivity index is 2.09. The van der Waals surface area contributed by atoms with Gasteiger partial charge in [-0.05, 0) is 50.0 Å². The van der Waals surface area contributed by atoms with Crippen LogP contribution in [0.15, 0.2) is 29.2 Å². The van der Waals surface area contributed by atoms with Crippen LogP contribution in [0.2, 0.25) is 0 Å². The zero-order valence-corrected chi connectivity index (χ0v) is 9.57. The maximum absolute atomic E-state index is 12.0. The molecular formula is C13H15N3O. The number of nitrogens with one attached hydrogen (secondary N) is 2. The summed E-state index contributed by atoms with van der Waals surface area (Å²) < 4.78 is 0. The monoisotopic (exact) mass is 229 g/mol. The lowest BCUT2D eigenvalue weighted by atomic mass is 9.91. The first-order valence-corrected chi connectivity index (χ1v) is 6.03. The number of hydrogen-bond acceptors (Lipinski definition) is 3. The van der Waals surface area contributed by atoms with Gasteiger partial charge >= 0.3 is 0 Å². The van der Waals surface area contributed by atoms with Crippen LogP contribution in [0, 0.1) is 0 Å². The molecule has 88 valence electrons. The summed E-state index contributed by atoms with van der Waals surface area (Å²) in [5.41, 5.74) is 1.60. The van der Waals surface area contributed by atoms with Crippen LogP contribution >= 0.6 is 0 Å². The van der Waals surface area contributed by atoms with Crippen molar-refractivity contribution in [2.75, 3.05) is 13.1 Å². The molecule has 1 aliphatic rings. The van der Waals surface area contributed by atoms with Crippen LogP contribution in [0.25, 0.3) is 11.0 Å². The molecule has 4 heteroatoms. The van der Waals surface area contributed by atoms with E-state index in [-0.39, 0.29) is 5.56 Å². The largest absolute Gasteiger partial charge is 0.317 e. The van der Waals surface area contributed by atoms with E-state index < -0.39 is 0 Å². The zero-order valence-electron chi connectivity index (χ0n) is 9.57. The lowest BCUT2D eigenvalue weighted by Crippen LogP contribution is -2.29. The van der Waals surface area contributed by atoms with Crippen molar-refractivity contribution >= 4 is 11.0 Å². The summed E-state index contributed by atoms with van der Waals surface area (Å²) in [4.78, 5) is 19.0. The molecule has 0 atom stereocenters. The summed E-state index contributed by atoms with van der Waals surface area (Å²) in [6.07, 6.45) is 3.77. The Bertz CT molecular complexity index is 584. The highest BCUT2D eigenvalue weighted by Crippen LogP contribution is 2.23. The lowest BCUT2D eigenvalue weighted by molar-refractivity contribution is 0.458. The van der Waals surface area contributed by atoms with Gasteiger partial charge < -0.3 is 10.3 Å². The molecule has 2 aromatic rings. The second-order valence-corrected chi connectivity index (χ2v) is 4.52. The highest BCUT2D eigenvalue weighted by atomic mass is 16.1. The van der Waals surface area contributed by atoms with Gasteiger partial charge in [-0.3, -0.25) is 4.79 Å². The zero-order chi connectivity index (χ0) is 11.7. The highest BCUT2D eigenvalue weighted by Gasteiger charge is 2.18. The van der Waals surface area contributed by atoms with Crippen LogP contribution in [-0.4, -0.2) is 23.1 Å². The van der Waals surface area contributed by atoms with Crippen LogP contribution in [-0.2, 0) is 0 Å². The van der Waals surface area contributed by atoms with Gasteiger partial charge in [0, 0.05) is 17.1 Å². The Kier molecular flexibility index (Phi) is 2.65. The second-order valence-electron chi connectivity index (χ2n) is 4.52. The fourth-order valence-corrected chi connectivity index (χ4v) is 2.49. The van der Waals surface area contributed by atoms with Crippen molar-refractivity contribution in [1.29, 1.82) is 0 Å².